The second-order valence-electron chi connectivity index (χ2n) is 9.21. The number of benzene rings is 1. The molecule has 2 aliphatic rings. The number of likely N-dealkylation sites (tertiary alicyclic amines) is 1. The van der Waals surface area contributed by atoms with E-state index >= 15 is 0 Å². The van der Waals surface area contributed by atoms with Crippen LogP contribution in [0, 0.1) is 24.7 Å². The van der Waals surface area contributed by atoms with Crippen molar-refractivity contribution in [3.63, 3.8) is 0 Å². The van der Waals surface area contributed by atoms with Gasteiger partial charge in [0.05, 0.1) is 29.1 Å². The van der Waals surface area contributed by atoms with Gasteiger partial charge in [-0.15, -0.1) is 0 Å². The average molecular weight is 441 g/mol. The van der Waals surface area contributed by atoms with Crippen molar-refractivity contribution in [1.29, 1.82) is 0 Å². The predicted molar refractivity (Wildman–Crippen MR) is 116 cm³/mol. The number of carboxylic acid groups (broad SMARTS) is 1. The van der Waals surface area contributed by atoms with Crippen LogP contribution in [-0.4, -0.2) is 49.7 Å². The highest BCUT2D eigenvalue weighted by atomic mass is 16.4. The van der Waals surface area contributed by atoms with Crippen LogP contribution in [0.25, 0.3) is 5.69 Å². The smallest absolute Gasteiger partial charge is 0.324 e. The molecule has 0 aliphatic carbocycles. The number of fused-ring (bicyclic) bond motifs is 1. The SMILES string of the molecule is Cc1c(C2NC(CC(C)C)(C(=O)O)C3C(=O)N(C)C(=O)C23)c(=O)n(-c2ccccc2)n1C. The summed E-state index contributed by atoms with van der Waals surface area (Å²) in [7, 11) is 3.12. The summed E-state index contributed by atoms with van der Waals surface area (Å²) in [5.41, 5.74) is -0.396. The van der Waals surface area contributed by atoms with Gasteiger partial charge in [0.25, 0.3) is 5.56 Å². The molecule has 32 heavy (non-hydrogen) atoms. The van der Waals surface area contributed by atoms with E-state index in [9.17, 15) is 24.3 Å². The first-order valence-corrected chi connectivity index (χ1v) is 10.7. The number of amides is 2. The molecule has 2 amide bonds. The molecule has 9 nitrogen and oxygen atoms in total. The second-order valence-corrected chi connectivity index (χ2v) is 9.21. The third-order valence-electron chi connectivity index (χ3n) is 6.90. The van der Waals surface area contributed by atoms with Gasteiger partial charge in [-0.3, -0.25) is 34.1 Å². The summed E-state index contributed by atoms with van der Waals surface area (Å²) in [5, 5.41) is 13.4. The van der Waals surface area contributed by atoms with Crippen LogP contribution in [0.2, 0.25) is 0 Å². The average Bonchev–Trinajstić information content (AvgIpc) is 3.26. The number of rotatable bonds is 5. The van der Waals surface area contributed by atoms with Gasteiger partial charge in [0.2, 0.25) is 11.8 Å². The number of aliphatic carboxylic acids is 1. The Morgan fingerprint density at radius 2 is 1.75 bits per heavy atom. The number of carbonyl (C=O) groups is 3. The molecule has 4 atom stereocenters. The Bertz CT molecular complexity index is 1170. The maximum absolute atomic E-state index is 13.6. The summed E-state index contributed by atoms with van der Waals surface area (Å²) in [6.07, 6.45) is 0.158. The molecule has 0 spiro atoms. The van der Waals surface area contributed by atoms with Crippen molar-refractivity contribution in [1.82, 2.24) is 19.6 Å². The summed E-state index contributed by atoms with van der Waals surface area (Å²) >= 11 is 0. The first-order chi connectivity index (χ1) is 15.0. The molecule has 2 N–H and O–H groups in total. The van der Waals surface area contributed by atoms with Gasteiger partial charge >= 0.3 is 5.97 Å². The maximum atomic E-state index is 13.6. The van der Waals surface area contributed by atoms with Crippen molar-refractivity contribution in [2.24, 2.45) is 24.8 Å². The van der Waals surface area contributed by atoms with Gasteiger partial charge in [-0.05, 0) is 31.4 Å². The number of para-hydroxylation sites is 1. The zero-order chi connectivity index (χ0) is 23.5. The zero-order valence-electron chi connectivity index (χ0n) is 18.8. The van der Waals surface area contributed by atoms with E-state index in [1.807, 2.05) is 32.0 Å². The van der Waals surface area contributed by atoms with Crippen LogP contribution in [0.3, 0.4) is 0 Å². The Labute approximate surface area is 185 Å². The van der Waals surface area contributed by atoms with E-state index in [1.165, 1.54) is 11.7 Å². The molecule has 4 unspecified atom stereocenters. The molecule has 0 bridgehead atoms. The lowest BCUT2D eigenvalue weighted by atomic mass is 9.75. The van der Waals surface area contributed by atoms with Crippen LogP contribution < -0.4 is 10.9 Å². The quantitative estimate of drug-likeness (QED) is 0.676. The lowest BCUT2D eigenvalue weighted by Gasteiger charge is -2.32. The molecular weight excluding hydrogens is 412 g/mol. The summed E-state index contributed by atoms with van der Waals surface area (Å²) < 4.78 is 3.19. The highest BCUT2D eigenvalue weighted by Gasteiger charge is 2.68. The number of carboxylic acids is 1. The summed E-state index contributed by atoms with van der Waals surface area (Å²) in [6, 6.07) is 8.20. The molecule has 3 heterocycles. The standard InChI is InChI=1S/C23H28N4O5/c1-12(2)11-23(22(31)32)17-16(19(28)25(4)21(17)30)18(24-23)15-13(3)26(5)27(20(15)29)14-9-7-6-8-10-14/h6-10,12,16-18,24H,11H2,1-5H3,(H,31,32). The topological polar surface area (TPSA) is 114 Å². The minimum atomic E-state index is -1.63. The molecule has 0 saturated carbocycles. The first-order valence-electron chi connectivity index (χ1n) is 10.7. The van der Waals surface area contributed by atoms with Gasteiger partial charge in [0.15, 0.2) is 0 Å². The Morgan fingerprint density at radius 3 is 2.31 bits per heavy atom. The van der Waals surface area contributed by atoms with Gasteiger partial charge in [0.1, 0.15) is 5.54 Å². The molecule has 2 saturated heterocycles. The number of hydrogen-bond acceptors (Lipinski definition) is 5. The summed E-state index contributed by atoms with van der Waals surface area (Å²) in [4.78, 5) is 53.4. The van der Waals surface area contributed by atoms with Crippen LogP contribution in [0.1, 0.15) is 37.6 Å². The Hall–Kier alpha value is -3.20. The third kappa shape index (κ3) is 2.87. The fourth-order valence-electron chi connectivity index (χ4n) is 5.46. The van der Waals surface area contributed by atoms with Crippen molar-refractivity contribution >= 4 is 17.8 Å². The lowest BCUT2D eigenvalue weighted by molar-refractivity contribution is -0.151. The van der Waals surface area contributed by atoms with E-state index in [1.54, 1.807) is 30.8 Å². The van der Waals surface area contributed by atoms with E-state index in [2.05, 4.69) is 5.32 Å². The van der Waals surface area contributed by atoms with Gasteiger partial charge in [0, 0.05) is 19.8 Å². The number of nitrogens with one attached hydrogen (secondary N) is 1. The van der Waals surface area contributed by atoms with Crippen molar-refractivity contribution < 1.29 is 19.5 Å². The molecule has 1 aromatic heterocycles. The highest BCUT2D eigenvalue weighted by Crippen LogP contribution is 2.50. The Kier molecular flexibility index (Phi) is 5.12. The molecule has 170 valence electrons. The number of aromatic nitrogens is 2. The van der Waals surface area contributed by atoms with E-state index in [0.29, 0.717) is 16.9 Å². The molecular formula is C23H28N4O5. The second kappa shape index (κ2) is 7.44. The van der Waals surface area contributed by atoms with Crippen molar-refractivity contribution in [2.45, 2.75) is 38.8 Å². The van der Waals surface area contributed by atoms with Crippen LogP contribution in [0.5, 0.6) is 0 Å². The zero-order valence-corrected chi connectivity index (χ0v) is 18.8. The fourth-order valence-corrected chi connectivity index (χ4v) is 5.46. The normalized spacial score (nSPS) is 27.4. The third-order valence-corrected chi connectivity index (χ3v) is 6.90. The van der Waals surface area contributed by atoms with Gasteiger partial charge < -0.3 is 5.11 Å². The summed E-state index contributed by atoms with van der Waals surface area (Å²) in [6.45, 7) is 5.51. The molecule has 0 radical (unpaired) electrons. The van der Waals surface area contributed by atoms with Crippen molar-refractivity contribution in [3.8, 4) is 5.69 Å². The van der Waals surface area contributed by atoms with Crippen molar-refractivity contribution in [2.75, 3.05) is 7.05 Å². The molecule has 2 aromatic rings. The van der Waals surface area contributed by atoms with E-state index in [-0.39, 0.29) is 17.9 Å². The summed E-state index contributed by atoms with van der Waals surface area (Å²) in [5.74, 6) is -4.25. The van der Waals surface area contributed by atoms with E-state index in [4.69, 9.17) is 0 Å². The van der Waals surface area contributed by atoms with Gasteiger partial charge in [-0.25, -0.2) is 4.68 Å². The maximum Gasteiger partial charge on any atom is 0.324 e. The molecule has 2 aliphatic heterocycles. The van der Waals surface area contributed by atoms with Crippen LogP contribution >= 0.6 is 0 Å². The number of hydrogen-bond donors (Lipinski definition) is 2. The van der Waals surface area contributed by atoms with Gasteiger partial charge in [-0.2, -0.15) is 0 Å². The number of carbonyl (C=O) groups excluding carboxylic acids is 2. The Balaban J connectivity index is 1.94. The molecule has 9 heteroatoms. The first kappa shape index (κ1) is 22.0. The van der Waals surface area contributed by atoms with E-state index in [0.717, 1.165) is 4.90 Å². The molecule has 4 rings (SSSR count). The van der Waals surface area contributed by atoms with Crippen LogP contribution in [0.15, 0.2) is 35.1 Å². The number of imide groups is 1. The number of nitrogens with zero attached hydrogens (tertiary/aromatic N) is 3. The molecule has 2 fully saturated rings. The lowest BCUT2D eigenvalue weighted by Crippen LogP contribution is -2.56. The van der Waals surface area contributed by atoms with Crippen molar-refractivity contribution in [3.05, 3.63) is 51.9 Å². The molecule has 1 aromatic carbocycles. The predicted octanol–water partition coefficient (Wildman–Crippen LogP) is 1.23. The highest BCUT2D eigenvalue weighted by molar-refractivity contribution is 6.09. The van der Waals surface area contributed by atoms with Crippen LogP contribution in [-0.2, 0) is 21.4 Å². The van der Waals surface area contributed by atoms with E-state index < -0.39 is 41.2 Å². The minimum absolute atomic E-state index is 0.0512. The fraction of sp³-hybridized carbons (Fsp3) is 0.478. The largest absolute Gasteiger partial charge is 0.480 e. The minimum Gasteiger partial charge on any atom is -0.480 e. The van der Waals surface area contributed by atoms with Crippen LogP contribution in [0.4, 0.5) is 0 Å². The monoisotopic (exact) mass is 440 g/mol. The van der Waals surface area contributed by atoms with Gasteiger partial charge in [-0.1, -0.05) is 32.0 Å². The Morgan fingerprint density at radius 1 is 1.12 bits per heavy atom.